The van der Waals surface area contributed by atoms with Crippen LogP contribution in [0.1, 0.15) is 29.8 Å². The zero-order chi connectivity index (χ0) is 21.0. The molecule has 0 amide bonds. The highest BCUT2D eigenvalue weighted by molar-refractivity contribution is 7.85. The van der Waals surface area contributed by atoms with Gasteiger partial charge in [-0.15, -0.1) is 0 Å². The van der Waals surface area contributed by atoms with E-state index in [-0.39, 0.29) is 13.2 Å². The Morgan fingerprint density at radius 2 is 1.93 bits per heavy atom. The third kappa shape index (κ3) is 4.93. The molecule has 0 aliphatic rings. The van der Waals surface area contributed by atoms with Crippen molar-refractivity contribution in [1.82, 2.24) is 9.38 Å². The van der Waals surface area contributed by atoms with E-state index < -0.39 is 16.1 Å². The minimum absolute atomic E-state index is 0.0881. The summed E-state index contributed by atoms with van der Waals surface area (Å²) < 4.78 is 39.7. The van der Waals surface area contributed by atoms with Crippen LogP contribution in [0, 0.1) is 0 Å². The average Bonchev–Trinajstić information content (AvgIpc) is 3.06. The number of hydrogen-bond donors (Lipinski definition) is 0. The molecule has 0 aliphatic heterocycles. The third-order valence-electron chi connectivity index (χ3n) is 4.07. The Hall–Kier alpha value is -2.91. The Balaban J connectivity index is 2.07. The van der Waals surface area contributed by atoms with E-state index in [0.29, 0.717) is 34.8 Å². The fourth-order valence-corrected chi connectivity index (χ4v) is 3.25. The molecule has 0 aliphatic carbocycles. The van der Waals surface area contributed by atoms with Crippen LogP contribution in [-0.2, 0) is 25.6 Å². The van der Waals surface area contributed by atoms with Gasteiger partial charge in [0, 0.05) is 29.5 Å². The van der Waals surface area contributed by atoms with Crippen LogP contribution >= 0.6 is 0 Å². The van der Waals surface area contributed by atoms with Crippen LogP contribution < -0.4 is 4.74 Å². The number of pyridine rings is 2. The first-order valence-electron chi connectivity index (χ1n) is 9.07. The second-order valence-electron chi connectivity index (χ2n) is 6.24. The molecule has 3 aromatic heterocycles. The first-order valence-corrected chi connectivity index (χ1v) is 10.9. The fourth-order valence-electron chi connectivity index (χ4n) is 2.90. The molecule has 154 valence electrons. The summed E-state index contributed by atoms with van der Waals surface area (Å²) in [5, 5.41) is 0. The molecule has 0 radical (unpaired) electrons. The van der Waals surface area contributed by atoms with Gasteiger partial charge in [0.1, 0.15) is 0 Å². The molecule has 3 rings (SSSR count). The Morgan fingerprint density at radius 1 is 1.14 bits per heavy atom. The van der Waals surface area contributed by atoms with Crippen LogP contribution in [0.2, 0.25) is 0 Å². The number of carbonyl (C=O) groups excluding carboxylic acids is 1. The summed E-state index contributed by atoms with van der Waals surface area (Å²) in [5.41, 5.74) is 3.10. The van der Waals surface area contributed by atoms with Crippen LogP contribution in [0.5, 0.6) is 5.88 Å². The normalized spacial score (nSPS) is 11.6. The van der Waals surface area contributed by atoms with Gasteiger partial charge in [-0.3, -0.25) is 4.18 Å². The Labute approximate surface area is 169 Å². The summed E-state index contributed by atoms with van der Waals surface area (Å²) in [6.45, 7) is 4.29. The zero-order valence-electron chi connectivity index (χ0n) is 16.4. The van der Waals surface area contributed by atoms with Gasteiger partial charge in [-0.1, -0.05) is 0 Å². The van der Waals surface area contributed by atoms with Gasteiger partial charge < -0.3 is 13.9 Å². The highest BCUT2D eigenvalue weighted by Crippen LogP contribution is 2.29. The van der Waals surface area contributed by atoms with Crippen molar-refractivity contribution in [3.05, 3.63) is 53.9 Å². The van der Waals surface area contributed by atoms with Crippen LogP contribution in [0.15, 0.2) is 42.7 Å². The van der Waals surface area contributed by atoms with Gasteiger partial charge in [-0.25, -0.2) is 9.78 Å². The van der Waals surface area contributed by atoms with Gasteiger partial charge in [0.2, 0.25) is 5.88 Å². The lowest BCUT2D eigenvalue weighted by Gasteiger charge is -2.09. The van der Waals surface area contributed by atoms with Crippen molar-refractivity contribution in [2.45, 2.75) is 20.5 Å². The molecular weight excluding hydrogens is 396 g/mol. The maximum absolute atomic E-state index is 12.5. The van der Waals surface area contributed by atoms with E-state index in [0.717, 1.165) is 11.8 Å². The lowest BCUT2D eigenvalue weighted by molar-refractivity contribution is 0.0527. The summed E-state index contributed by atoms with van der Waals surface area (Å²) >= 11 is 0. The fraction of sp³-hybridized carbons (Fsp3) is 0.300. The van der Waals surface area contributed by atoms with Gasteiger partial charge in [0.25, 0.3) is 10.1 Å². The molecule has 0 atom stereocenters. The van der Waals surface area contributed by atoms with E-state index in [2.05, 4.69) is 4.98 Å². The topological polar surface area (TPSA) is 96.2 Å². The molecule has 29 heavy (non-hydrogen) atoms. The average molecular weight is 418 g/mol. The molecule has 3 heterocycles. The van der Waals surface area contributed by atoms with Crippen molar-refractivity contribution < 1.29 is 26.9 Å². The van der Waals surface area contributed by atoms with Crippen LogP contribution in [-0.4, -0.2) is 43.2 Å². The van der Waals surface area contributed by atoms with Gasteiger partial charge in [-0.05, 0) is 43.7 Å². The molecule has 0 aromatic carbocycles. The number of hydrogen-bond acceptors (Lipinski definition) is 7. The van der Waals surface area contributed by atoms with Crippen LogP contribution in [0.25, 0.3) is 16.8 Å². The molecular formula is C20H22N2O6S. The minimum Gasteiger partial charge on any atom is -0.478 e. The quantitative estimate of drug-likeness (QED) is 0.410. The predicted octanol–water partition coefficient (Wildman–Crippen LogP) is 3.05. The number of aromatic nitrogens is 2. The molecule has 3 aromatic rings. The smallest absolute Gasteiger partial charge is 0.340 e. The second-order valence-corrected chi connectivity index (χ2v) is 7.89. The van der Waals surface area contributed by atoms with E-state index in [1.54, 1.807) is 43.6 Å². The van der Waals surface area contributed by atoms with Gasteiger partial charge >= 0.3 is 5.97 Å². The Morgan fingerprint density at radius 3 is 2.55 bits per heavy atom. The standard InChI is InChI=1S/C20H22N2O6S/c1-4-26-18-7-6-15(12-21-18)19-17(20(23)27-5-2)11-16-10-14(8-9-22(16)19)13-28-29(3,24)25/h6-12H,4-5,13H2,1-3H3. The number of rotatable bonds is 8. The first-order chi connectivity index (χ1) is 13.8. The van der Waals surface area contributed by atoms with E-state index in [1.165, 1.54) is 0 Å². The summed E-state index contributed by atoms with van der Waals surface area (Å²) in [6.07, 6.45) is 4.39. The monoisotopic (exact) mass is 418 g/mol. The van der Waals surface area contributed by atoms with Crippen molar-refractivity contribution in [3.8, 4) is 17.1 Å². The predicted molar refractivity (Wildman–Crippen MR) is 107 cm³/mol. The SMILES string of the molecule is CCOC(=O)c1cc2cc(COS(C)(=O)=O)ccn2c1-c1ccc(OCC)nc1. The largest absolute Gasteiger partial charge is 0.478 e. The van der Waals surface area contributed by atoms with Crippen molar-refractivity contribution in [2.75, 3.05) is 19.5 Å². The van der Waals surface area contributed by atoms with Crippen molar-refractivity contribution in [1.29, 1.82) is 0 Å². The number of nitrogens with zero attached hydrogens (tertiary/aromatic N) is 2. The van der Waals surface area contributed by atoms with Gasteiger partial charge in [0.05, 0.1) is 37.3 Å². The zero-order valence-corrected chi connectivity index (χ0v) is 17.2. The highest BCUT2D eigenvalue weighted by Gasteiger charge is 2.20. The summed E-state index contributed by atoms with van der Waals surface area (Å²) in [5.74, 6) is 0.0454. The molecule has 0 bridgehead atoms. The van der Waals surface area contributed by atoms with E-state index in [9.17, 15) is 13.2 Å². The molecule has 0 fully saturated rings. The number of fused-ring (bicyclic) bond motifs is 1. The van der Waals surface area contributed by atoms with Gasteiger partial charge in [-0.2, -0.15) is 8.42 Å². The van der Waals surface area contributed by atoms with Gasteiger partial charge in [0.15, 0.2) is 0 Å². The summed E-state index contributed by atoms with van der Waals surface area (Å²) in [4.78, 5) is 16.8. The molecule has 0 spiro atoms. The van der Waals surface area contributed by atoms with Crippen LogP contribution in [0.4, 0.5) is 0 Å². The lowest BCUT2D eigenvalue weighted by atomic mass is 10.1. The Bertz CT molecular complexity index is 1120. The highest BCUT2D eigenvalue weighted by atomic mass is 32.2. The van der Waals surface area contributed by atoms with E-state index in [4.69, 9.17) is 13.7 Å². The number of esters is 1. The molecule has 0 unspecified atom stereocenters. The third-order valence-corrected chi connectivity index (χ3v) is 4.62. The molecule has 0 saturated carbocycles. The molecule has 8 nitrogen and oxygen atoms in total. The maximum atomic E-state index is 12.5. The van der Waals surface area contributed by atoms with Crippen molar-refractivity contribution >= 4 is 21.6 Å². The van der Waals surface area contributed by atoms with Crippen molar-refractivity contribution in [3.63, 3.8) is 0 Å². The van der Waals surface area contributed by atoms with E-state index >= 15 is 0 Å². The van der Waals surface area contributed by atoms with Crippen LogP contribution in [0.3, 0.4) is 0 Å². The summed E-state index contributed by atoms with van der Waals surface area (Å²) in [6, 6.07) is 8.76. The number of ether oxygens (including phenoxy) is 2. The molecule has 0 N–H and O–H groups in total. The molecule has 0 saturated heterocycles. The van der Waals surface area contributed by atoms with E-state index in [1.807, 2.05) is 17.4 Å². The maximum Gasteiger partial charge on any atom is 0.340 e. The second kappa shape index (κ2) is 8.62. The lowest BCUT2D eigenvalue weighted by Crippen LogP contribution is -2.06. The first kappa shape index (κ1) is 20.8. The number of carbonyl (C=O) groups is 1. The Kier molecular flexibility index (Phi) is 6.19. The summed E-state index contributed by atoms with van der Waals surface area (Å²) in [7, 11) is -3.55. The minimum atomic E-state index is -3.55. The van der Waals surface area contributed by atoms with Crippen molar-refractivity contribution in [2.24, 2.45) is 0 Å². The molecule has 9 heteroatoms.